The number of hydrogen-bond acceptors (Lipinski definition) is 4. The largest absolute Gasteiger partial charge is 0.444 e. The van der Waals surface area contributed by atoms with E-state index in [4.69, 9.17) is 13.7 Å². The summed E-state index contributed by atoms with van der Waals surface area (Å²) >= 11 is 0. The zero-order chi connectivity index (χ0) is 33.4. The van der Waals surface area contributed by atoms with Gasteiger partial charge in [0.15, 0.2) is 0 Å². The Kier molecular flexibility index (Phi) is 17.1. The first-order valence-electron chi connectivity index (χ1n) is 17.1. The van der Waals surface area contributed by atoms with Gasteiger partial charge in [-0.2, -0.15) is 0 Å². The number of ether oxygens (including phenoxy) is 2. The van der Waals surface area contributed by atoms with Crippen LogP contribution in [0.4, 0.5) is 4.79 Å². The van der Waals surface area contributed by atoms with Crippen molar-refractivity contribution in [2.45, 2.75) is 153 Å². The van der Waals surface area contributed by atoms with Crippen LogP contribution in [0.25, 0.3) is 0 Å². The average molecular weight is 632 g/mol. The van der Waals surface area contributed by atoms with Gasteiger partial charge in [-0.25, -0.2) is 4.79 Å². The molecule has 3 rings (SSSR count). The van der Waals surface area contributed by atoms with Crippen LogP contribution in [0.5, 0.6) is 0 Å². The van der Waals surface area contributed by atoms with Gasteiger partial charge in [-0.05, 0) is 111 Å². The monoisotopic (exact) mass is 631 g/mol. The Bertz CT molecular complexity index is 998. The molecule has 0 aromatic heterocycles. The van der Waals surface area contributed by atoms with Crippen molar-refractivity contribution in [3.05, 3.63) is 60.7 Å². The van der Waals surface area contributed by atoms with Crippen LogP contribution in [0, 0.1) is 0 Å². The Hall–Kier alpha value is -2.02. The van der Waals surface area contributed by atoms with Gasteiger partial charge in [0.2, 0.25) is 0 Å². The van der Waals surface area contributed by atoms with Gasteiger partial charge in [-0.3, -0.25) is 0 Å². The van der Waals surface area contributed by atoms with Crippen molar-refractivity contribution >= 4 is 16.4 Å². The summed E-state index contributed by atoms with van der Waals surface area (Å²) in [5.74, 6) is 0. The molecular formula is C38H65NO4S. The number of carbonyl (C=O) groups is 1. The molecule has 1 saturated heterocycles. The molecule has 0 unspecified atom stereocenters. The highest BCUT2D eigenvalue weighted by Crippen LogP contribution is 2.71. The van der Waals surface area contributed by atoms with Gasteiger partial charge in [-0.15, -0.1) is 0 Å². The second-order valence-corrected chi connectivity index (χ2v) is 16.5. The lowest BCUT2D eigenvalue weighted by atomic mass is 9.88. The third-order valence-electron chi connectivity index (χ3n) is 7.71. The number of rotatable bonds is 11. The average Bonchev–Trinajstić information content (AvgIpc) is 3.01. The van der Waals surface area contributed by atoms with E-state index in [-0.39, 0.29) is 22.5 Å². The summed E-state index contributed by atoms with van der Waals surface area (Å²) in [6.07, 6.45) is 5.60. The lowest BCUT2D eigenvalue weighted by molar-refractivity contribution is -0.0878. The number of likely N-dealkylation sites (tertiary alicyclic amines) is 1. The van der Waals surface area contributed by atoms with Gasteiger partial charge >= 0.3 is 6.09 Å². The maximum Gasteiger partial charge on any atom is 0.410 e. The van der Waals surface area contributed by atoms with E-state index in [0.29, 0.717) is 13.1 Å². The third kappa shape index (κ3) is 11.4. The van der Waals surface area contributed by atoms with Crippen molar-refractivity contribution in [2.24, 2.45) is 0 Å². The second-order valence-electron chi connectivity index (χ2n) is 13.0. The van der Waals surface area contributed by atoms with Crippen LogP contribution in [0.3, 0.4) is 0 Å². The minimum atomic E-state index is -1.74. The standard InChI is InChI=1S/C34H53NO4S.2C2H6/c1-9-34(23-25-35(26-24-34)31(36)38-32(3,4)5)37-27-17-16-18-28(2)39-40(33(6,7)8,29-19-12-10-13-20-29)30-21-14-11-15-22-30;2*1-2/h10-15,19-22,28H,9,16-18,23-27H2,1-8H3;2*1-2H3/t28-;;/m1../s1. The third-order valence-corrected chi connectivity index (χ3v) is 11.9. The van der Waals surface area contributed by atoms with Crippen LogP contribution < -0.4 is 0 Å². The molecule has 1 heterocycles. The number of piperidine rings is 1. The fraction of sp³-hybridized carbons (Fsp3) is 0.658. The molecule has 0 saturated carbocycles. The Balaban J connectivity index is 0.00000232. The number of benzene rings is 2. The van der Waals surface area contributed by atoms with Crippen molar-refractivity contribution < 1.29 is 18.5 Å². The molecule has 0 bridgehead atoms. The Morgan fingerprint density at radius 2 is 1.32 bits per heavy atom. The highest BCUT2D eigenvalue weighted by Gasteiger charge is 2.42. The van der Waals surface area contributed by atoms with E-state index in [1.165, 1.54) is 9.79 Å². The van der Waals surface area contributed by atoms with E-state index in [1.54, 1.807) is 0 Å². The minimum absolute atomic E-state index is 0.0746. The fourth-order valence-corrected chi connectivity index (χ4v) is 9.33. The predicted molar refractivity (Wildman–Crippen MR) is 190 cm³/mol. The van der Waals surface area contributed by atoms with E-state index in [2.05, 4.69) is 95.3 Å². The van der Waals surface area contributed by atoms with Crippen LogP contribution >= 0.6 is 10.3 Å². The topological polar surface area (TPSA) is 48.0 Å². The summed E-state index contributed by atoms with van der Waals surface area (Å²) in [6.45, 7) is 27.2. The first-order chi connectivity index (χ1) is 20.8. The molecule has 2 aromatic carbocycles. The smallest absolute Gasteiger partial charge is 0.410 e. The molecule has 44 heavy (non-hydrogen) atoms. The van der Waals surface area contributed by atoms with Crippen LogP contribution in [-0.4, -0.2) is 52.7 Å². The molecule has 0 spiro atoms. The zero-order valence-electron chi connectivity index (χ0n) is 30.2. The number of unbranched alkanes of at least 4 members (excludes halogenated alkanes) is 1. The highest BCUT2D eigenvalue weighted by atomic mass is 32.3. The molecule has 0 aliphatic carbocycles. The van der Waals surface area contributed by atoms with E-state index >= 15 is 0 Å². The molecule has 6 heteroatoms. The first-order valence-corrected chi connectivity index (χ1v) is 18.6. The summed E-state index contributed by atoms with van der Waals surface area (Å²) in [6, 6.07) is 21.6. The molecule has 5 nitrogen and oxygen atoms in total. The molecule has 1 amide bonds. The second kappa shape index (κ2) is 18.8. The number of carbonyl (C=O) groups excluding carboxylic acids is 1. The van der Waals surface area contributed by atoms with Crippen molar-refractivity contribution in [2.75, 3.05) is 19.7 Å². The highest BCUT2D eigenvalue weighted by molar-refractivity contribution is 8.31. The Morgan fingerprint density at radius 3 is 1.73 bits per heavy atom. The number of hydrogen-bond donors (Lipinski definition) is 0. The molecule has 252 valence electrons. The first kappa shape index (κ1) is 40.0. The van der Waals surface area contributed by atoms with Crippen LogP contribution in [0.15, 0.2) is 70.5 Å². The summed E-state index contributed by atoms with van der Waals surface area (Å²) in [5, 5.41) is 0. The molecular weight excluding hydrogens is 566 g/mol. The quantitative estimate of drug-likeness (QED) is 0.232. The van der Waals surface area contributed by atoms with Crippen LogP contribution in [0.1, 0.15) is 122 Å². The van der Waals surface area contributed by atoms with E-state index in [1.807, 2.05) is 53.4 Å². The Morgan fingerprint density at radius 1 is 0.841 bits per heavy atom. The van der Waals surface area contributed by atoms with Crippen molar-refractivity contribution in [3.8, 4) is 0 Å². The molecule has 1 fully saturated rings. The molecule has 0 radical (unpaired) electrons. The van der Waals surface area contributed by atoms with Gasteiger partial charge in [0.05, 0.1) is 11.7 Å². The Labute approximate surface area is 273 Å². The van der Waals surface area contributed by atoms with Crippen molar-refractivity contribution in [3.63, 3.8) is 0 Å². The van der Waals surface area contributed by atoms with Crippen molar-refractivity contribution in [1.82, 2.24) is 4.90 Å². The summed E-state index contributed by atoms with van der Waals surface area (Å²) in [4.78, 5) is 16.8. The van der Waals surface area contributed by atoms with Crippen molar-refractivity contribution in [1.29, 1.82) is 0 Å². The van der Waals surface area contributed by atoms with Gasteiger partial charge in [-0.1, -0.05) is 81.3 Å². The van der Waals surface area contributed by atoms with E-state index in [0.717, 1.165) is 45.1 Å². The maximum atomic E-state index is 12.5. The number of amides is 1. The fourth-order valence-electron chi connectivity index (χ4n) is 5.46. The lowest BCUT2D eigenvalue weighted by Gasteiger charge is -2.51. The normalized spacial score (nSPS) is 16.0. The summed E-state index contributed by atoms with van der Waals surface area (Å²) < 4.78 is 19.2. The van der Waals surface area contributed by atoms with Gasteiger partial charge in [0.1, 0.15) is 5.60 Å². The maximum absolute atomic E-state index is 12.5. The molecule has 1 aliphatic heterocycles. The summed E-state index contributed by atoms with van der Waals surface area (Å²) in [7, 11) is -1.74. The minimum Gasteiger partial charge on any atom is -0.444 e. The molecule has 1 aliphatic rings. The van der Waals surface area contributed by atoms with Gasteiger partial charge in [0, 0.05) is 34.2 Å². The number of nitrogens with zero attached hydrogens (tertiary/aromatic N) is 1. The predicted octanol–water partition coefficient (Wildman–Crippen LogP) is 11.4. The lowest BCUT2D eigenvalue weighted by Crippen LogP contribution is -2.49. The molecule has 1 atom stereocenters. The molecule has 2 aromatic rings. The van der Waals surface area contributed by atoms with Gasteiger partial charge < -0.3 is 18.6 Å². The SMILES string of the molecule is CC.CC.CCC1(OCCCC[C@@H](C)OS(c2ccccc2)(c2ccccc2)C(C)(C)C)CCN(C(=O)OC(C)(C)C)CC1. The van der Waals surface area contributed by atoms with Crippen LogP contribution in [0.2, 0.25) is 0 Å². The van der Waals surface area contributed by atoms with Gasteiger partial charge in [0.25, 0.3) is 0 Å². The van der Waals surface area contributed by atoms with Crippen LogP contribution in [-0.2, 0) is 13.7 Å². The summed E-state index contributed by atoms with van der Waals surface area (Å²) in [5.41, 5.74) is -0.614. The van der Waals surface area contributed by atoms with E-state index in [9.17, 15) is 4.79 Å². The zero-order valence-corrected chi connectivity index (χ0v) is 31.0. The van der Waals surface area contributed by atoms with E-state index < -0.39 is 15.9 Å². The molecule has 0 N–H and O–H groups in total.